The Labute approximate surface area is 202 Å². The van der Waals surface area contributed by atoms with E-state index < -0.39 is 17.1 Å². The Morgan fingerprint density at radius 3 is 2.74 bits per heavy atom. The van der Waals surface area contributed by atoms with Crippen LogP contribution in [0.4, 0.5) is 0 Å². The minimum absolute atomic E-state index is 0.00687. The van der Waals surface area contributed by atoms with Crippen LogP contribution in [0.1, 0.15) is 55.2 Å². The molecule has 0 radical (unpaired) electrons. The molecule has 1 saturated heterocycles. The second kappa shape index (κ2) is 8.47. The Morgan fingerprint density at radius 1 is 1.15 bits per heavy atom. The van der Waals surface area contributed by atoms with Gasteiger partial charge >= 0.3 is 0 Å². The van der Waals surface area contributed by atoms with Gasteiger partial charge in [0.25, 0.3) is 0 Å². The first-order chi connectivity index (χ1) is 16.5. The van der Waals surface area contributed by atoms with Crippen LogP contribution in [0.3, 0.4) is 0 Å². The highest BCUT2D eigenvalue weighted by Crippen LogP contribution is 2.58. The van der Waals surface area contributed by atoms with Crippen molar-refractivity contribution in [3.05, 3.63) is 65.2 Å². The number of likely N-dealkylation sites (tertiary alicyclic amines) is 1. The first kappa shape index (κ1) is 22.3. The average molecular weight is 462 g/mol. The van der Waals surface area contributed by atoms with Gasteiger partial charge in [0.15, 0.2) is 5.78 Å². The smallest absolute Gasteiger partial charge is 0.162 e. The Morgan fingerprint density at radius 2 is 1.97 bits per heavy atom. The zero-order valence-electron chi connectivity index (χ0n) is 20.0. The van der Waals surface area contributed by atoms with Gasteiger partial charge in [0.2, 0.25) is 0 Å². The first-order valence-corrected chi connectivity index (χ1v) is 12.8. The molecule has 3 aliphatic carbocycles. The third-order valence-corrected chi connectivity index (χ3v) is 8.93. The molecule has 180 valence electrons. The van der Waals surface area contributed by atoms with Crippen LogP contribution >= 0.6 is 0 Å². The van der Waals surface area contributed by atoms with Crippen molar-refractivity contribution in [3.8, 4) is 5.75 Å². The molecule has 6 rings (SSSR count). The molecular weight excluding hydrogens is 426 g/mol. The van der Waals surface area contributed by atoms with Crippen molar-refractivity contribution in [1.29, 1.82) is 0 Å². The number of benzene rings is 2. The predicted octanol–water partition coefficient (Wildman–Crippen LogP) is 4.04. The molecule has 5 heteroatoms. The number of Topliss-reactive ketones (excluding diaryl/α,β-unsaturated/α-hetero) is 1. The molecule has 0 aromatic heterocycles. The number of nitrogens with zero attached hydrogens (tertiary/aromatic N) is 1. The van der Waals surface area contributed by atoms with Gasteiger partial charge in [-0.2, -0.15) is 0 Å². The third kappa shape index (κ3) is 3.60. The lowest BCUT2D eigenvalue weighted by molar-refractivity contribution is -0.175. The van der Waals surface area contributed by atoms with Gasteiger partial charge in [-0.05, 0) is 73.4 Å². The summed E-state index contributed by atoms with van der Waals surface area (Å²) in [6.07, 6.45) is 5.32. The van der Waals surface area contributed by atoms with E-state index >= 15 is 0 Å². The summed E-state index contributed by atoms with van der Waals surface area (Å²) in [7, 11) is 1.68. The summed E-state index contributed by atoms with van der Waals surface area (Å²) >= 11 is 0. The molecule has 0 unspecified atom stereocenters. The summed E-state index contributed by atoms with van der Waals surface area (Å²) in [5, 5.41) is 12.7. The van der Waals surface area contributed by atoms with E-state index in [-0.39, 0.29) is 11.8 Å². The monoisotopic (exact) mass is 461 g/mol. The minimum atomic E-state index is -1.01. The fourth-order valence-electron chi connectivity index (χ4n) is 7.01. The third-order valence-electron chi connectivity index (χ3n) is 8.93. The summed E-state index contributed by atoms with van der Waals surface area (Å²) in [5.74, 6) is 1.66. The van der Waals surface area contributed by atoms with E-state index in [2.05, 4.69) is 17.0 Å². The minimum Gasteiger partial charge on any atom is -0.497 e. The summed E-state index contributed by atoms with van der Waals surface area (Å²) in [4.78, 5) is 16.1. The van der Waals surface area contributed by atoms with Crippen LogP contribution in [0.2, 0.25) is 0 Å². The number of methoxy groups -OCH3 is 1. The van der Waals surface area contributed by atoms with E-state index in [1.54, 1.807) is 7.11 Å². The van der Waals surface area contributed by atoms with Gasteiger partial charge in [-0.25, -0.2) is 0 Å². The normalized spacial score (nSPS) is 33.1. The number of hydrogen-bond donors (Lipinski definition) is 1. The van der Waals surface area contributed by atoms with Crippen LogP contribution in [0.5, 0.6) is 5.75 Å². The number of rotatable bonds is 6. The van der Waals surface area contributed by atoms with Crippen LogP contribution in [-0.4, -0.2) is 53.7 Å². The molecule has 4 atom stereocenters. The zero-order valence-corrected chi connectivity index (χ0v) is 20.0. The van der Waals surface area contributed by atoms with Crippen molar-refractivity contribution in [2.45, 2.75) is 74.7 Å². The number of ether oxygens (including phenoxy) is 2. The number of fused-ring (bicyclic) bond motifs is 1. The van der Waals surface area contributed by atoms with E-state index in [0.29, 0.717) is 19.4 Å². The quantitative estimate of drug-likeness (QED) is 0.704. The molecule has 0 spiro atoms. The largest absolute Gasteiger partial charge is 0.497 e. The van der Waals surface area contributed by atoms with Crippen LogP contribution in [0.15, 0.2) is 48.5 Å². The highest BCUT2D eigenvalue weighted by molar-refractivity contribution is 5.87. The number of ketones is 1. The summed E-state index contributed by atoms with van der Waals surface area (Å²) in [6.45, 7) is 2.43. The molecule has 5 nitrogen and oxygen atoms in total. The maximum absolute atomic E-state index is 13.6. The molecule has 1 N–H and O–H groups in total. The molecule has 2 aromatic rings. The Bertz CT molecular complexity index is 1070. The average Bonchev–Trinajstić information content (AvgIpc) is 3.67. The Hall–Kier alpha value is -2.21. The van der Waals surface area contributed by atoms with E-state index in [0.717, 1.165) is 55.1 Å². The molecule has 34 heavy (non-hydrogen) atoms. The lowest BCUT2D eigenvalue weighted by Crippen LogP contribution is -2.70. The van der Waals surface area contributed by atoms with E-state index in [1.807, 2.05) is 36.4 Å². The molecule has 2 aromatic carbocycles. The first-order valence-electron chi connectivity index (χ1n) is 12.8. The summed E-state index contributed by atoms with van der Waals surface area (Å²) in [6, 6.07) is 16.3. The SMILES string of the molecule is COc1ccc2c(c1)[C@]13CCCN(CC4CC4)[C@H](C2)[C@]1(O)C[C@H](OCc1ccccc1)C(=O)C3. The molecular formula is C29H35NO4. The van der Waals surface area contributed by atoms with Gasteiger partial charge in [-0.1, -0.05) is 36.4 Å². The number of aliphatic hydroxyl groups is 1. The van der Waals surface area contributed by atoms with E-state index in [9.17, 15) is 9.90 Å². The van der Waals surface area contributed by atoms with Gasteiger partial charge in [0.05, 0.1) is 19.3 Å². The zero-order chi connectivity index (χ0) is 23.3. The topological polar surface area (TPSA) is 59.0 Å². The molecule has 2 saturated carbocycles. The molecule has 2 bridgehead atoms. The van der Waals surface area contributed by atoms with Crippen molar-refractivity contribution in [2.24, 2.45) is 5.92 Å². The van der Waals surface area contributed by atoms with Crippen LogP contribution in [-0.2, 0) is 28.0 Å². The standard InChI is InChI=1S/C29H35NO4/c1-33-23-11-10-22-14-27-29(32)17-26(34-19-21-6-3-2-4-7-21)25(31)16-28(29,24(22)15-23)12-5-13-30(27)18-20-8-9-20/h2-4,6-7,10-11,15,20,26-27,32H,5,8-9,12-14,16-19H2,1H3/t26-,27+,28+,29+/m0/s1. The molecule has 3 fully saturated rings. The van der Waals surface area contributed by atoms with Crippen molar-refractivity contribution in [3.63, 3.8) is 0 Å². The summed E-state index contributed by atoms with van der Waals surface area (Å²) < 4.78 is 11.8. The van der Waals surface area contributed by atoms with Crippen LogP contribution in [0, 0.1) is 5.92 Å². The maximum atomic E-state index is 13.6. The highest BCUT2D eigenvalue weighted by atomic mass is 16.5. The number of hydrogen-bond acceptors (Lipinski definition) is 5. The van der Waals surface area contributed by atoms with Gasteiger partial charge in [-0.15, -0.1) is 0 Å². The van der Waals surface area contributed by atoms with Crippen molar-refractivity contribution in [2.75, 3.05) is 20.2 Å². The van der Waals surface area contributed by atoms with E-state index in [4.69, 9.17) is 9.47 Å². The molecule has 0 amide bonds. The Kier molecular flexibility index (Phi) is 5.55. The van der Waals surface area contributed by atoms with E-state index in [1.165, 1.54) is 18.4 Å². The molecule has 1 aliphatic heterocycles. The maximum Gasteiger partial charge on any atom is 0.162 e. The Balaban J connectivity index is 1.39. The highest BCUT2D eigenvalue weighted by Gasteiger charge is 2.65. The molecule has 4 aliphatic rings. The lowest BCUT2D eigenvalue weighted by atomic mass is 9.51. The second-order valence-corrected chi connectivity index (χ2v) is 10.9. The second-order valence-electron chi connectivity index (χ2n) is 10.9. The lowest BCUT2D eigenvalue weighted by Gasteiger charge is -2.59. The fraction of sp³-hybridized carbons (Fsp3) is 0.552. The summed E-state index contributed by atoms with van der Waals surface area (Å²) in [5.41, 5.74) is 1.84. The van der Waals surface area contributed by atoms with Crippen LogP contribution in [0.25, 0.3) is 0 Å². The van der Waals surface area contributed by atoms with Gasteiger partial charge < -0.3 is 14.6 Å². The predicted molar refractivity (Wildman–Crippen MR) is 130 cm³/mol. The van der Waals surface area contributed by atoms with Crippen molar-refractivity contribution in [1.82, 2.24) is 4.90 Å². The van der Waals surface area contributed by atoms with Gasteiger partial charge in [0, 0.05) is 30.8 Å². The molecule has 1 heterocycles. The van der Waals surface area contributed by atoms with Gasteiger partial charge in [0.1, 0.15) is 11.9 Å². The van der Waals surface area contributed by atoms with Crippen molar-refractivity contribution < 1.29 is 19.4 Å². The van der Waals surface area contributed by atoms with Crippen LogP contribution < -0.4 is 4.74 Å². The fourth-order valence-corrected chi connectivity index (χ4v) is 7.01. The number of carbonyl (C=O) groups is 1. The number of carbonyl (C=O) groups excluding carboxylic acids is 1. The van der Waals surface area contributed by atoms with Crippen molar-refractivity contribution >= 4 is 5.78 Å². The van der Waals surface area contributed by atoms with Gasteiger partial charge in [-0.3, -0.25) is 9.69 Å².